The molecular weight excluding hydrogens is 356 g/mol. The van der Waals surface area contributed by atoms with Gasteiger partial charge < -0.3 is 20.3 Å². The van der Waals surface area contributed by atoms with E-state index in [2.05, 4.69) is 15.6 Å². The molecule has 1 aliphatic heterocycles. The zero-order chi connectivity index (χ0) is 19.9. The minimum atomic E-state index is -0.284. The van der Waals surface area contributed by atoms with Crippen molar-refractivity contribution in [2.75, 3.05) is 25.0 Å². The topological polar surface area (TPSA) is 83.6 Å². The Balaban J connectivity index is 1.56. The Morgan fingerprint density at radius 1 is 1.21 bits per heavy atom. The second-order valence-electron chi connectivity index (χ2n) is 6.86. The normalized spacial score (nSPS) is 14.4. The number of nitrogens with zero attached hydrogens (tertiary/aromatic N) is 2. The number of rotatable bonds is 5. The van der Waals surface area contributed by atoms with Crippen LogP contribution in [-0.4, -0.2) is 47.6 Å². The number of likely N-dealkylation sites (tertiary alicyclic amines) is 1. The minimum absolute atomic E-state index is 0.0412. The first-order valence-corrected chi connectivity index (χ1v) is 9.57. The number of nitrogens with one attached hydrogen (secondary N) is 2. The van der Waals surface area contributed by atoms with Gasteiger partial charge in [-0.2, -0.15) is 0 Å². The van der Waals surface area contributed by atoms with E-state index in [0.717, 1.165) is 11.3 Å². The Bertz CT molecular complexity index is 832. The first kappa shape index (κ1) is 19.7. The maximum Gasteiger partial charge on any atom is 0.409 e. The summed E-state index contributed by atoms with van der Waals surface area (Å²) < 4.78 is 5.02. The van der Waals surface area contributed by atoms with Crippen molar-refractivity contribution in [1.29, 1.82) is 0 Å². The fraction of sp³-hybridized carbons (Fsp3) is 0.381. The van der Waals surface area contributed by atoms with Crippen LogP contribution in [0.3, 0.4) is 0 Å². The Kier molecular flexibility index (Phi) is 6.47. The number of carbonyl (C=O) groups is 2. The van der Waals surface area contributed by atoms with E-state index < -0.39 is 0 Å². The summed E-state index contributed by atoms with van der Waals surface area (Å²) in [7, 11) is 0. The second kappa shape index (κ2) is 9.21. The lowest BCUT2D eigenvalue weighted by molar-refractivity contribution is 0.0860. The molecule has 1 aromatic heterocycles. The van der Waals surface area contributed by atoms with Gasteiger partial charge in [-0.3, -0.25) is 4.79 Å². The fourth-order valence-corrected chi connectivity index (χ4v) is 3.20. The monoisotopic (exact) mass is 382 g/mol. The third kappa shape index (κ3) is 5.22. The maximum atomic E-state index is 12.6. The van der Waals surface area contributed by atoms with Gasteiger partial charge in [-0.25, -0.2) is 9.78 Å². The molecule has 1 aromatic carbocycles. The molecule has 0 bridgehead atoms. The lowest BCUT2D eigenvalue weighted by atomic mass is 10.0. The third-order valence-corrected chi connectivity index (χ3v) is 4.67. The van der Waals surface area contributed by atoms with Gasteiger partial charge in [0.15, 0.2) is 0 Å². The maximum absolute atomic E-state index is 12.6. The summed E-state index contributed by atoms with van der Waals surface area (Å²) in [5.74, 6) is 0.486. The van der Waals surface area contributed by atoms with Gasteiger partial charge in [0.1, 0.15) is 5.82 Å². The van der Waals surface area contributed by atoms with E-state index in [4.69, 9.17) is 4.74 Å². The number of piperidine rings is 1. The van der Waals surface area contributed by atoms with Crippen molar-refractivity contribution < 1.29 is 14.3 Å². The molecule has 1 aliphatic rings. The van der Waals surface area contributed by atoms with E-state index in [1.54, 1.807) is 30.2 Å². The number of anilines is 2. The molecule has 3 rings (SSSR count). The number of aromatic nitrogens is 1. The summed E-state index contributed by atoms with van der Waals surface area (Å²) in [5.41, 5.74) is 2.63. The number of ether oxygens (including phenoxy) is 1. The van der Waals surface area contributed by atoms with Crippen LogP contribution in [0.2, 0.25) is 0 Å². The Hall–Kier alpha value is -3.09. The average molecular weight is 382 g/mol. The molecular formula is C21H26N4O3. The SMILES string of the molecule is CCOC(=O)N1CCC(NC(=O)c2ccnc(Nc3cccc(C)c3)c2)CC1. The largest absolute Gasteiger partial charge is 0.450 e. The van der Waals surface area contributed by atoms with Crippen molar-refractivity contribution in [3.8, 4) is 0 Å². The number of carbonyl (C=O) groups excluding carboxylic acids is 2. The fourth-order valence-electron chi connectivity index (χ4n) is 3.20. The zero-order valence-electron chi connectivity index (χ0n) is 16.3. The lowest BCUT2D eigenvalue weighted by Gasteiger charge is -2.31. The van der Waals surface area contributed by atoms with Crippen LogP contribution in [-0.2, 0) is 4.74 Å². The van der Waals surface area contributed by atoms with Gasteiger partial charge in [-0.05, 0) is 56.5 Å². The molecule has 28 heavy (non-hydrogen) atoms. The van der Waals surface area contributed by atoms with Crippen LogP contribution in [0.1, 0.15) is 35.7 Å². The van der Waals surface area contributed by atoms with Gasteiger partial charge >= 0.3 is 6.09 Å². The first-order valence-electron chi connectivity index (χ1n) is 9.57. The van der Waals surface area contributed by atoms with E-state index in [1.165, 1.54) is 0 Å². The number of benzene rings is 1. The van der Waals surface area contributed by atoms with Crippen molar-refractivity contribution in [2.24, 2.45) is 0 Å². The lowest BCUT2D eigenvalue weighted by Crippen LogP contribution is -2.46. The van der Waals surface area contributed by atoms with Crippen LogP contribution in [0.25, 0.3) is 0 Å². The molecule has 2 N–H and O–H groups in total. The predicted molar refractivity (Wildman–Crippen MR) is 108 cm³/mol. The quantitative estimate of drug-likeness (QED) is 0.827. The average Bonchev–Trinajstić information content (AvgIpc) is 2.69. The van der Waals surface area contributed by atoms with Crippen molar-refractivity contribution in [1.82, 2.24) is 15.2 Å². The van der Waals surface area contributed by atoms with Crippen LogP contribution in [0.5, 0.6) is 0 Å². The van der Waals surface area contributed by atoms with E-state index in [1.807, 2.05) is 31.2 Å². The number of hydrogen-bond donors (Lipinski definition) is 2. The van der Waals surface area contributed by atoms with Gasteiger partial charge in [0, 0.05) is 36.6 Å². The summed E-state index contributed by atoms with van der Waals surface area (Å²) in [5, 5.41) is 6.28. The molecule has 2 heterocycles. The number of pyridine rings is 1. The molecule has 7 heteroatoms. The summed E-state index contributed by atoms with van der Waals surface area (Å²) in [6.45, 7) is 5.36. The zero-order valence-corrected chi connectivity index (χ0v) is 16.3. The summed E-state index contributed by atoms with van der Waals surface area (Å²) >= 11 is 0. The molecule has 7 nitrogen and oxygen atoms in total. The van der Waals surface area contributed by atoms with Crippen molar-refractivity contribution in [3.05, 3.63) is 53.7 Å². The van der Waals surface area contributed by atoms with Crippen LogP contribution in [0.4, 0.5) is 16.3 Å². The Morgan fingerprint density at radius 2 is 2.00 bits per heavy atom. The summed E-state index contributed by atoms with van der Waals surface area (Å²) in [6.07, 6.45) is 2.76. The molecule has 0 spiro atoms. The molecule has 1 fully saturated rings. The molecule has 0 saturated carbocycles. The molecule has 0 aliphatic carbocycles. The number of hydrogen-bond acceptors (Lipinski definition) is 5. The van der Waals surface area contributed by atoms with Gasteiger partial charge in [-0.1, -0.05) is 12.1 Å². The number of amides is 2. The van der Waals surface area contributed by atoms with E-state index >= 15 is 0 Å². The van der Waals surface area contributed by atoms with E-state index in [0.29, 0.717) is 43.9 Å². The molecule has 1 saturated heterocycles. The standard InChI is InChI=1S/C21H26N4O3/c1-3-28-21(27)25-11-8-17(9-12-25)24-20(26)16-7-10-22-19(14-16)23-18-6-4-5-15(2)13-18/h4-7,10,13-14,17H,3,8-9,11-12H2,1-2H3,(H,22,23)(H,24,26). The molecule has 2 aromatic rings. The first-order chi connectivity index (χ1) is 13.5. The van der Waals surface area contributed by atoms with Crippen molar-refractivity contribution >= 4 is 23.5 Å². The molecule has 148 valence electrons. The molecule has 0 unspecified atom stereocenters. The molecule has 2 amide bonds. The Labute approximate surface area is 165 Å². The van der Waals surface area contributed by atoms with Crippen LogP contribution < -0.4 is 10.6 Å². The van der Waals surface area contributed by atoms with Gasteiger partial charge in [-0.15, -0.1) is 0 Å². The summed E-state index contributed by atoms with van der Waals surface area (Å²) in [6, 6.07) is 11.5. The third-order valence-electron chi connectivity index (χ3n) is 4.67. The highest BCUT2D eigenvalue weighted by Crippen LogP contribution is 2.17. The smallest absolute Gasteiger partial charge is 0.409 e. The predicted octanol–water partition coefficient (Wildman–Crippen LogP) is 3.48. The number of aryl methyl sites for hydroxylation is 1. The molecule has 0 radical (unpaired) electrons. The van der Waals surface area contributed by atoms with Crippen LogP contribution in [0, 0.1) is 6.92 Å². The van der Waals surface area contributed by atoms with Gasteiger partial charge in [0.05, 0.1) is 6.61 Å². The van der Waals surface area contributed by atoms with E-state index in [-0.39, 0.29) is 18.0 Å². The summed E-state index contributed by atoms with van der Waals surface area (Å²) in [4.78, 5) is 30.4. The van der Waals surface area contributed by atoms with Gasteiger partial charge in [0.2, 0.25) is 0 Å². The van der Waals surface area contributed by atoms with Crippen molar-refractivity contribution in [3.63, 3.8) is 0 Å². The minimum Gasteiger partial charge on any atom is -0.450 e. The van der Waals surface area contributed by atoms with Gasteiger partial charge in [0.25, 0.3) is 5.91 Å². The highest BCUT2D eigenvalue weighted by Gasteiger charge is 2.24. The van der Waals surface area contributed by atoms with Crippen LogP contribution >= 0.6 is 0 Å². The molecule has 0 atom stereocenters. The van der Waals surface area contributed by atoms with Crippen molar-refractivity contribution in [2.45, 2.75) is 32.7 Å². The highest BCUT2D eigenvalue weighted by molar-refractivity contribution is 5.95. The Morgan fingerprint density at radius 3 is 2.71 bits per heavy atom. The van der Waals surface area contributed by atoms with Crippen LogP contribution in [0.15, 0.2) is 42.6 Å². The second-order valence-corrected chi connectivity index (χ2v) is 6.86. The highest BCUT2D eigenvalue weighted by atomic mass is 16.6. The van der Waals surface area contributed by atoms with E-state index in [9.17, 15) is 9.59 Å².